The van der Waals surface area contributed by atoms with Crippen LogP contribution in [-0.4, -0.2) is 63.4 Å². The van der Waals surface area contributed by atoms with Crippen molar-refractivity contribution in [1.29, 1.82) is 5.41 Å². The van der Waals surface area contributed by atoms with E-state index in [9.17, 15) is 4.79 Å². The van der Waals surface area contributed by atoms with Crippen molar-refractivity contribution < 1.29 is 14.3 Å². The minimum absolute atomic E-state index is 0.0460. The molecule has 0 unspecified atom stereocenters. The van der Waals surface area contributed by atoms with Crippen LogP contribution in [0.25, 0.3) is 6.08 Å². The molecule has 1 aromatic heterocycles. The SMILES string of the molecule is COc1ccccc1OCCn1cccc1/C=C1\C(=N)N2N=C(N3CCCC3)SC2=NC1=O. The van der Waals surface area contributed by atoms with E-state index in [-0.39, 0.29) is 11.4 Å². The maximum Gasteiger partial charge on any atom is 0.283 e. The summed E-state index contributed by atoms with van der Waals surface area (Å²) in [5.74, 6) is 0.982. The van der Waals surface area contributed by atoms with E-state index in [0.717, 1.165) is 36.8 Å². The van der Waals surface area contributed by atoms with Crippen molar-refractivity contribution in [2.45, 2.75) is 19.4 Å². The first kappa shape index (κ1) is 21.3. The minimum Gasteiger partial charge on any atom is -0.493 e. The molecule has 1 saturated heterocycles. The van der Waals surface area contributed by atoms with Crippen molar-refractivity contribution in [1.82, 2.24) is 14.5 Å². The van der Waals surface area contributed by atoms with Crippen LogP contribution in [0.3, 0.4) is 0 Å². The Balaban J connectivity index is 1.30. The molecule has 4 heterocycles. The number of methoxy groups -OCH3 is 1. The molecule has 10 heteroatoms. The molecule has 3 aliphatic rings. The van der Waals surface area contributed by atoms with Crippen molar-refractivity contribution >= 4 is 39.9 Å². The molecule has 1 aromatic carbocycles. The highest BCUT2D eigenvalue weighted by Crippen LogP contribution is 2.31. The number of amidine groups is 3. The number of para-hydroxylation sites is 2. The van der Waals surface area contributed by atoms with E-state index in [1.807, 2.05) is 47.2 Å². The Labute approximate surface area is 195 Å². The predicted molar refractivity (Wildman–Crippen MR) is 129 cm³/mol. The number of amides is 1. The number of likely N-dealkylation sites (tertiary alicyclic amines) is 1. The average Bonchev–Trinajstić information content (AvgIpc) is 3.58. The molecule has 1 amide bonds. The van der Waals surface area contributed by atoms with Crippen LogP contribution in [0.1, 0.15) is 18.5 Å². The number of benzene rings is 1. The molecule has 3 aliphatic heterocycles. The molecule has 0 aliphatic carbocycles. The van der Waals surface area contributed by atoms with E-state index in [1.54, 1.807) is 13.2 Å². The first-order valence-corrected chi connectivity index (χ1v) is 11.6. The summed E-state index contributed by atoms with van der Waals surface area (Å²) in [6.45, 7) is 2.88. The number of rotatable bonds is 6. The first-order chi connectivity index (χ1) is 16.1. The molecule has 1 N–H and O–H groups in total. The maximum absolute atomic E-state index is 12.7. The molecule has 9 nitrogen and oxygen atoms in total. The fourth-order valence-corrected chi connectivity index (χ4v) is 4.86. The summed E-state index contributed by atoms with van der Waals surface area (Å²) in [7, 11) is 1.61. The number of fused-ring (bicyclic) bond motifs is 1. The Kier molecular flexibility index (Phi) is 5.91. The summed E-state index contributed by atoms with van der Waals surface area (Å²) in [6, 6.07) is 11.3. The van der Waals surface area contributed by atoms with Crippen molar-refractivity contribution in [2.75, 3.05) is 26.8 Å². The first-order valence-electron chi connectivity index (χ1n) is 10.8. The van der Waals surface area contributed by atoms with Gasteiger partial charge in [-0.2, -0.15) is 10.0 Å². The van der Waals surface area contributed by atoms with Gasteiger partial charge in [-0.25, -0.2) is 0 Å². The Bertz CT molecular complexity index is 1180. The number of carbonyl (C=O) groups excluding carboxylic acids is 1. The third-order valence-corrected chi connectivity index (χ3v) is 6.61. The zero-order valence-corrected chi connectivity index (χ0v) is 19.0. The lowest BCUT2D eigenvalue weighted by Gasteiger charge is -2.20. The summed E-state index contributed by atoms with van der Waals surface area (Å²) in [4.78, 5) is 19.1. The summed E-state index contributed by atoms with van der Waals surface area (Å²) < 4.78 is 13.2. The zero-order valence-electron chi connectivity index (χ0n) is 18.2. The Morgan fingerprint density at radius 1 is 1.12 bits per heavy atom. The number of carbonyl (C=O) groups is 1. The normalized spacial score (nSPS) is 19.1. The largest absolute Gasteiger partial charge is 0.493 e. The van der Waals surface area contributed by atoms with Crippen LogP contribution in [0.5, 0.6) is 11.5 Å². The molecule has 0 spiro atoms. The second-order valence-electron chi connectivity index (χ2n) is 7.72. The van der Waals surface area contributed by atoms with Gasteiger partial charge in [0, 0.05) is 25.0 Å². The molecule has 1 fully saturated rings. The highest BCUT2D eigenvalue weighted by Gasteiger charge is 2.37. The van der Waals surface area contributed by atoms with Gasteiger partial charge in [-0.1, -0.05) is 12.1 Å². The van der Waals surface area contributed by atoms with E-state index in [1.165, 1.54) is 16.8 Å². The van der Waals surface area contributed by atoms with Crippen molar-refractivity contribution in [2.24, 2.45) is 10.1 Å². The van der Waals surface area contributed by atoms with Crippen molar-refractivity contribution in [3.05, 3.63) is 53.9 Å². The van der Waals surface area contributed by atoms with Crippen LogP contribution in [0, 0.1) is 5.41 Å². The van der Waals surface area contributed by atoms with Gasteiger partial charge in [-0.3, -0.25) is 10.2 Å². The van der Waals surface area contributed by atoms with Crippen molar-refractivity contribution in [3.8, 4) is 11.5 Å². The highest BCUT2D eigenvalue weighted by atomic mass is 32.2. The molecular weight excluding hydrogens is 440 g/mol. The number of nitrogens with one attached hydrogen (secondary N) is 1. The quantitative estimate of drug-likeness (QED) is 0.660. The van der Waals surface area contributed by atoms with Gasteiger partial charge in [-0.05, 0) is 54.9 Å². The maximum atomic E-state index is 12.7. The summed E-state index contributed by atoms with van der Waals surface area (Å²) in [6.07, 6.45) is 5.87. The van der Waals surface area contributed by atoms with Crippen LogP contribution in [0.2, 0.25) is 0 Å². The number of hydrogen-bond acceptors (Lipinski definition) is 7. The lowest BCUT2D eigenvalue weighted by atomic mass is 10.1. The Morgan fingerprint density at radius 3 is 2.70 bits per heavy atom. The lowest BCUT2D eigenvalue weighted by molar-refractivity contribution is -0.114. The zero-order chi connectivity index (χ0) is 22.8. The van der Waals surface area contributed by atoms with Gasteiger partial charge >= 0.3 is 0 Å². The van der Waals surface area contributed by atoms with Crippen LogP contribution < -0.4 is 9.47 Å². The van der Waals surface area contributed by atoms with Gasteiger partial charge in [0.05, 0.1) is 19.2 Å². The Hall–Kier alpha value is -3.53. The van der Waals surface area contributed by atoms with Gasteiger partial charge in [0.1, 0.15) is 6.61 Å². The minimum atomic E-state index is -0.422. The van der Waals surface area contributed by atoms with Gasteiger partial charge in [0.25, 0.3) is 5.91 Å². The third-order valence-electron chi connectivity index (χ3n) is 5.64. The number of hydrogen-bond donors (Lipinski definition) is 1. The van der Waals surface area contributed by atoms with E-state index >= 15 is 0 Å². The van der Waals surface area contributed by atoms with Crippen LogP contribution in [-0.2, 0) is 11.3 Å². The van der Waals surface area contributed by atoms with E-state index in [4.69, 9.17) is 14.9 Å². The van der Waals surface area contributed by atoms with E-state index in [0.29, 0.717) is 29.8 Å². The highest BCUT2D eigenvalue weighted by molar-refractivity contribution is 8.26. The molecular formula is C23H24N6O3S. The monoisotopic (exact) mass is 464 g/mol. The molecule has 0 radical (unpaired) electrons. The van der Waals surface area contributed by atoms with Gasteiger partial charge in [0.15, 0.2) is 22.5 Å². The number of hydrazone groups is 1. The molecule has 0 saturated carbocycles. The van der Waals surface area contributed by atoms with E-state index in [2.05, 4.69) is 15.0 Å². The number of nitrogens with zero attached hydrogens (tertiary/aromatic N) is 5. The fourth-order valence-electron chi connectivity index (χ4n) is 3.92. The molecule has 5 rings (SSSR count). The van der Waals surface area contributed by atoms with Crippen LogP contribution in [0.4, 0.5) is 0 Å². The van der Waals surface area contributed by atoms with Gasteiger partial charge < -0.3 is 18.9 Å². The van der Waals surface area contributed by atoms with E-state index < -0.39 is 5.91 Å². The molecule has 170 valence electrons. The number of aliphatic imine (C=N–C) groups is 1. The Morgan fingerprint density at radius 2 is 1.91 bits per heavy atom. The molecule has 33 heavy (non-hydrogen) atoms. The topological polar surface area (TPSA) is 95.5 Å². The number of aromatic nitrogens is 1. The molecule has 2 aromatic rings. The predicted octanol–water partition coefficient (Wildman–Crippen LogP) is 3.25. The summed E-state index contributed by atoms with van der Waals surface area (Å²) >= 11 is 1.36. The smallest absolute Gasteiger partial charge is 0.283 e. The van der Waals surface area contributed by atoms with Crippen LogP contribution in [0.15, 0.2) is 58.3 Å². The average molecular weight is 465 g/mol. The standard InChI is InChI=1S/C23H24N6O3S/c1-31-18-8-2-3-9-19(18)32-14-13-27-12-6-7-16(27)15-17-20(24)29-22(25-21(17)30)33-23(26-29)28-10-4-5-11-28/h2-3,6-9,12,15,24H,4-5,10-11,13-14H2,1H3/b17-15+,24-20?. The molecule has 0 atom stereocenters. The second kappa shape index (κ2) is 9.14. The third kappa shape index (κ3) is 4.25. The fraction of sp³-hybridized carbons (Fsp3) is 0.304. The number of ether oxygens (including phenoxy) is 2. The summed E-state index contributed by atoms with van der Waals surface area (Å²) in [5.41, 5.74) is 1.01. The number of thioether (sulfide) groups is 1. The van der Waals surface area contributed by atoms with Gasteiger partial charge in [-0.15, -0.1) is 5.10 Å². The van der Waals surface area contributed by atoms with Gasteiger partial charge in [0.2, 0.25) is 5.17 Å². The second-order valence-corrected chi connectivity index (χ2v) is 8.66. The summed E-state index contributed by atoms with van der Waals surface area (Å²) in [5, 5.41) is 15.9. The molecule has 0 bridgehead atoms. The van der Waals surface area contributed by atoms with Crippen molar-refractivity contribution in [3.63, 3.8) is 0 Å². The lowest BCUT2D eigenvalue weighted by Crippen LogP contribution is -2.35. The van der Waals surface area contributed by atoms with Crippen LogP contribution >= 0.6 is 11.8 Å².